The quantitative estimate of drug-likeness (QED) is 0.775. The zero-order valence-electron chi connectivity index (χ0n) is 15.0. The van der Waals surface area contributed by atoms with Gasteiger partial charge in [0.15, 0.2) is 0 Å². The van der Waals surface area contributed by atoms with Crippen LogP contribution in [-0.2, 0) is 11.2 Å². The largest absolute Gasteiger partial charge is 0.492 e. The van der Waals surface area contributed by atoms with Gasteiger partial charge in [-0.1, -0.05) is 50.2 Å². The predicted octanol–water partition coefficient (Wildman–Crippen LogP) is 5.03. The summed E-state index contributed by atoms with van der Waals surface area (Å²) in [4.78, 5) is 12.6. The van der Waals surface area contributed by atoms with Gasteiger partial charge in [-0.15, -0.1) is 0 Å². The van der Waals surface area contributed by atoms with Gasteiger partial charge < -0.3 is 10.1 Å². The number of carbonyl (C=O) groups is 1. The minimum absolute atomic E-state index is 0.0289. The van der Waals surface area contributed by atoms with Crippen molar-refractivity contribution in [3.8, 4) is 5.75 Å². The maximum absolute atomic E-state index is 12.6. The van der Waals surface area contributed by atoms with E-state index in [4.69, 9.17) is 4.74 Å². The molecule has 128 valence electrons. The molecule has 0 fully saturated rings. The third-order valence-electron chi connectivity index (χ3n) is 3.96. The van der Waals surface area contributed by atoms with E-state index >= 15 is 0 Å². The van der Waals surface area contributed by atoms with Crippen molar-refractivity contribution in [2.24, 2.45) is 5.92 Å². The van der Waals surface area contributed by atoms with Crippen molar-refractivity contribution in [2.45, 2.75) is 40.0 Å². The molecule has 1 atom stereocenters. The number of para-hydroxylation sites is 2. The highest BCUT2D eigenvalue weighted by Crippen LogP contribution is 2.26. The Bertz CT molecular complexity index is 662. The maximum atomic E-state index is 12.6. The van der Waals surface area contributed by atoms with Crippen molar-refractivity contribution in [3.63, 3.8) is 0 Å². The van der Waals surface area contributed by atoms with Crippen LogP contribution in [0.3, 0.4) is 0 Å². The van der Waals surface area contributed by atoms with Crippen LogP contribution in [0.4, 0.5) is 5.69 Å². The molecule has 1 amide bonds. The summed E-state index contributed by atoms with van der Waals surface area (Å²) >= 11 is 0. The summed E-state index contributed by atoms with van der Waals surface area (Å²) in [7, 11) is 0. The van der Waals surface area contributed by atoms with Gasteiger partial charge in [0.25, 0.3) is 0 Å². The molecular weight excluding hydrogens is 298 g/mol. The molecule has 0 heterocycles. The molecule has 3 heteroatoms. The molecule has 0 spiro atoms. The summed E-state index contributed by atoms with van der Waals surface area (Å²) in [6.07, 6.45) is 1.06. The lowest BCUT2D eigenvalue weighted by molar-refractivity contribution is -0.117. The molecule has 2 aromatic rings. The number of rotatable bonds is 7. The average Bonchev–Trinajstić information content (AvgIpc) is 2.56. The van der Waals surface area contributed by atoms with Crippen LogP contribution in [0.25, 0.3) is 0 Å². The lowest BCUT2D eigenvalue weighted by atomic mass is 9.96. The number of hydrogen-bond donors (Lipinski definition) is 1. The average molecular weight is 325 g/mol. The van der Waals surface area contributed by atoms with Gasteiger partial charge in [0.2, 0.25) is 5.91 Å². The second-order valence-corrected chi connectivity index (χ2v) is 6.48. The minimum Gasteiger partial charge on any atom is -0.492 e. The second kappa shape index (κ2) is 8.53. The molecule has 1 N–H and O–H groups in total. The lowest BCUT2D eigenvalue weighted by Crippen LogP contribution is -2.19. The number of nitrogens with one attached hydrogen (secondary N) is 1. The topological polar surface area (TPSA) is 38.3 Å². The van der Waals surface area contributed by atoms with Crippen LogP contribution in [0.15, 0.2) is 48.5 Å². The van der Waals surface area contributed by atoms with Crippen molar-refractivity contribution in [3.05, 3.63) is 59.7 Å². The fourth-order valence-corrected chi connectivity index (χ4v) is 2.66. The maximum Gasteiger partial charge on any atom is 0.231 e. The number of benzene rings is 2. The summed E-state index contributed by atoms with van der Waals surface area (Å²) in [5.41, 5.74) is 3.05. The summed E-state index contributed by atoms with van der Waals surface area (Å²) < 4.78 is 5.56. The third kappa shape index (κ3) is 4.85. The fraction of sp³-hybridized carbons (Fsp3) is 0.381. The minimum atomic E-state index is -0.215. The SMILES string of the molecule is CCOc1ccccc1NC(=O)C(C)c1ccc(CC(C)C)cc1. The Morgan fingerprint density at radius 2 is 1.71 bits per heavy atom. The fourth-order valence-electron chi connectivity index (χ4n) is 2.66. The predicted molar refractivity (Wildman–Crippen MR) is 99.6 cm³/mol. The van der Waals surface area contributed by atoms with Crippen LogP contribution in [-0.4, -0.2) is 12.5 Å². The van der Waals surface area contributed by atoms with Crippen LogP contribution < -0.4 is 10.1 Å². The number of ether oxygens (including phenoxy) is 1. The van der Waals surface area contributed by atoms with Crippen LogP contribution in [0.5, 0.6) is 5.75 Å². The van der Waals surface area contributed by atoms with Gasteiger partial charge in [-0.25, -0.2) is 0 Å². The van der Waals surface area contributed by atoms with E-state index in [1.807, 2.05) is 38.1 Å². The first-order chi connectivity index (χ1) is 11.5. The lowest BCUT2D eigenvalue weighted by Gasteiger charge is -2.16. The van der Waals surface area contributed by atoms with E-state index in [-0.39, 0.29) is 11.8 Å². The molecule has 0 aliphatic rings. The van der Waals surface area contributed by atoms with Gasteiger partial charge in [0.05, 0.1) is 18.2 Å². The van der Waals surface area contributed by atoms with Gasteiger partial charge in [-0.05, 0) is 49.4 Å². The van der Waals surface area contributed by atoms with E-state index in [0.717, 1.165) is 12.0 Å². The van der Waals surface area contributed by atoms with Gasteiger partial charge in [0.1, 0.15) is 5.75 Å². The van der Waals surface area contributed by atoms with E-state index in [2.05, 4.69) is 43.4 Å². The number of carbonyl (C=O) groups excluding carboxylic acids is 1. The van der Waals surface area contributed by atoms with Gasteiger partial charge >= 0.3 is 0 Å². The third-order valence-corrected chi connectivity index (χ3v) is 3.96. The Balaban J connectivity index is 2.07. The van der Waals surface area contributed by atoms with E-state index in [9.17, 15) is 4.79 Å². The van der Waals surface area contributed by atoms with Gasteiger partial charge in [0, 0.05) is 0 Å². The highest BCUT2D eigenvalue weighted by atomic mass is 16.5. The molecular formula is C21H27NO2. The highest BCUT2D eigenvalue weighted by molar-refractivity contribution is 5.96. The molecule has 0 aromatic heterocycles. The van der Waals surface area contributed by atoms with Crippen LogP contribution in [0, 0.1) is 5.92 Å². The molecule has 0 aliphatic heterocycles. The summed E-state index contributed by atoms with van der Waals surface area (Å²) in [6, 6.07) is 15.9. The normalized spacial score (nSPS) is 12.0. The molecule has 24 heavy (non-hydrogen) atoms. The number of anilines is 1. The van der Waals surface area contributed by atoms with Crippen LogP contribution in [0.1, 0.15) is 44.7 Å². The molecule has 0 radical (unpaired) electrons. The first-order valence-corrected chi connectivity index (χ1v) is 8.62. The molecule has 0 aliphatic carbocycles. The Hall–Kier alpha value is -2.29. The van der Waals surface area contributed by atoms with Crippen LogP contribution >= 0.6 is 0 Å². The summed E-state index contributed by atoms with van der Waals surface area (Å²) in [6.45, 7) is 8.84. The van der Waals surface area contributed by atoms with E-state index in [1.54, 1.807) is 0 Å². The highest BCUT2D eigenvalue weighted by Gasteiger charge is 2.17. The smallest absolute Gasteiger partial charge is 0.231 e. The standard InChI is InChI=1S/C21H27NO2/c1-5-24-20-9-7-6-8-19(20)22-21(23)16(4)18-12-10-17(11-13-18)14-15(2)3/h6-13,15-16H,5,14H2,1-4H3,(H,22,23). The summed E-state index contributed by atoms with van der Waals surface area (Å²) in [5, 5.41) is 2.98. The molecule has 2 rings (SSSR count). The van der Waals surface area contributed by atoms with E-state index < -0.39 is 0 Å². The molecule has 2 aromatic carbocycles. The van der Waals surface area contributed by atoms with Crippen molar-refractivity contribution in [1.29, 1.82) is 0 Å². The van der Waals surface area contributed by atoms with Crippen molar-refractivity contribution in [1.82, 2.24) is 0 Å². The van der Waals surface area contributed by atoms with Crippen LogP contribution in [0.2, 0.25) is 0 Å². The van der Waals surface area contributed by atoms with E-state index in [0.29, 0.717) is 24.0 Å². The number of hydrogen-bond acceptors (Lipinski definition) is 2. The van der Waals surface area contributed by atoms with Gasteiger partial charge in [-0.2, -0.15) is 0 Å². The van der Waals surface area contributed by atoms with E-state index in [1.165, 1.54) is 5.56 Å². The molecule has 0 saturated heterocycles. The molecule has 3 nitrogen and oxygen atoms in total. The summed E-state index contributed by atoms with van der Waals surface area (Å²) in [5.74, 6) is 1.09. The van der Waals surface area contributed by atoms with Crippen molar-refractivity contribution in [2.75, 3.05) is 11.9 Å². The Kier molecular flexibility index (Phi) is 6.42. The molecule has 0 bridgehead atoms. The first kappa shape index (κ1) is 18.1. The Labute approximate surface area is 145 Å². The molecule has 1 unspecified atom stereocenters. The zero-order valence-corrected chi connectivity index (χ0v) is 15.0. The Morgan fingerprint density at radius 3 is 2.33 bits per heavy atom. The Morgan fingerprint density at radius 1 is 1.04 bits per heavy atom. The first-order valence-electron chi connectivity index (χ1n) is 8.62. The van der Waals surface area contributed by atoms with Gasteiger partial charge in [-0.3, -0.25) is 4.79 Å². The number of amides is 1. The van der Waals surface area contributed by atoms with Crippen molar-refractivity contribution < 1.29 is 9.53 Å². The second-order valence-electron chi connectivity index (χ2n) is 6.48. The zero-order chi connectivity index (χ0) is 17.5. The molecule has 0 saturated carbocycles. The van der Waals surface area contributed by atoms with Crippen molar-refractivity contribution >= 4 is 11.6 Å². The monoisotopic (exact) mass is 325 g/mol.